The maximum atomic E-state index is 12.0. The molecule has 1 aromatic heterocycles. The summed E-state index contributed by atoms with van der Waals surface area (Å²) in [6, 6.07) is -0.216. The molecular weight excluding hydrogens is 276 g/mol. The van der Waals surface area contributed by atoms with Gasteiger partial charge in [0.1, 0.15) is 6.54 Å². The van der Waals surface area contributed by atoms with Crippen molar-refractivity contribution in [2.45, 2.75) is 27.7 Å². The van der Waals surface area contributed by atoms with Crippen molar-refractivity contribution < 1.29 is 9.59 Å². The first-order valence-corrected chi connectivity index (χ1v) is 7.49. The molecule has 112 valence electrons. The number of amides is 3. The summed E-state index contributed by atoms with van der Waals surface area (Å²) in [5.41, 5.74) is 0. The second kappa shape index (κ2) is 7.84. The largest absolute Gasteiger partial charge is 0.338 e. The smallest absolute Gasteiger partial charge is 0.317 e. The van der Waals surface area contributed by atoms with Gasteiger partial charge >= 0.3 is 6.03 Å². The normalized spacial score (nSPS) is 10.4. The third-order valence-electron chi connectivity index (χ3n) is 2.40. The van der Waals surface area contributed by atoms with Crippen LogP contribution in [0.5, 0.6) is 0 Å². The SMILES string of the molecule is CCNC(=O)N(CC(=O)Nc1ncc(C)s1)CC(C)C. The zero-order chi connectivity index (χ0) is 15.1. The van der Waals surface area contributed by atoms with Crippen LogP contribution in [0.3, 0.4) is 0 Å². The zero-order valence-electron chi connectivity index (χ0n) is 12.4. The standard InChI is InChI=1S/C13H22N4O2S/c1-5-14-13(19)17(7-9(2)3)8-11(18)16-12-15-6-10(4)20-12/h6,9H,5,7-8H2,1-4H3,(H,14,19)(H,15,16,18). The lowest BCUT2D eigenvalue weighted by Gasteiger charge is -2.23. The molecule has 0 radical (unpaired) electrons. The summed E-state index contributed by atoms with van der Waals surface area (Å²) < 4.78 is 0. The molecule has 20 heavy (non-hydrogen) atoms. The first-order valence-electron chi connectivity index (χ1n) is 6.67. The first kappa shape index (κ1) is 16.4. The predicted octanol–water partition coefficient (Wildman–Crippen LogP) is 2.08. The van der Waals surface area contributed by atoms with Gasteiger partial charge in [0, 0.05) is 24.2 Å². The molecule has 0 bridgehead atoms. The van der Waals surface area contributed by atoms with Crippen LogP contribution in [0.15, 0.2) is 6.20 Å². The molecule has 1 rings (SSSR count). The molecule has 1 heterocycles. The summed E-state index contributed by atoms with van der Waals surface area (Å²) in [7, 11) is 0. The number of thiazole rings is 1. The number of aryl methyl sites for hydroxylation is 1. The lowest BCUT2D eigenvalue weighted by atomic mass is 10.2. The molecule has 0 spiro atoms. The van der Waals surface area contributed by atoms with Gasteiger partial charge in [-0.1, -0.05) is 13.8 Å². The van der Waals surface area contributed by atoms with Crippen LogP contribution in [0, 0.1) is 12.8 Å². The Morgan fingerprint density at radius 3 is 2.65 bits per heavy atom. The van der Waals surface area contributed by atoms with Gasteiger partial charge in [-0.2, -0.15) is 0 Å². The van der Waals surface area contributed by atoms with Crippen LogP contribution in [-0.4, -0.2) is 41.5 Å². The highest BCUT2D eigenvalue weighted by atomic mass is 32.1. The predicted molar refractivity (Wildman–Crippen MR) is 81.0 cm³/mol. The van der Waals surface area contributed by atoms with Crippen LogP contribution in [0.2, 0.25) is 0 Å². The fourth-order valence-electron chi connectivity index (χ4n) is 1.67. The van der Waals surface area contributed by atoms with E-state index in [0.29, 0.717) is 24.1 Å². The number of hydrogen-bond acceptors (Lipinski definition) is 4. The average molecular weight is 298 g/mol. The lowest BCUT2D eigenvalue weighted by molar-refractivity contribution is -0.116. The fourth-order valence-corrected chi connectivity index (χ4v) is 2.35. The molecule has 0 aliphatic rings. The highest BCUT2D eigenvalue weighted by Gasteiger charge is 2.18. The Hall–Kier alpha value is -1.63. The van der Waals surface area contributed by atoms with E-state index in [4.69, 9.17) is 0 Å². The Morgan fingerprint density at radius 1 is 1.45 bits per heavy atom. The van der Waals surface area contributed by atoms with Gasteiger partial charge in [0.15, 0.2) is 5.13 Å². The van der Waals surface area contributed by atoms with E-state index < -0.39 is 0 Å². The van der Waals surface area contributed by atoms with Gasteiger partial charge in [-0.25, -0.2) is 9.78 Å². The number of anilines is 1. The van der Waals surface area contributed by atoms with Gasteiger partial charge in [-0.3, -0.25) is 4.79 Å². The number of carbonyl (C=O) groups is 2. The van der Waals surface area contributed by atoms with Gasteiger partial charge in [0.05, 0.1) is 0 Å². The minimum absolute atomic E-state index is 0.0304. The Balaban J connectivity index is 2.59. The first-order chi connectivity index (χ1) is 9.42. The molecule has 0 atom stereocenters. The molecule has 0 fully saturated rings. The molecule has 0 aliphatic carbocycles. The Kier molecular flexibility index (Phi) is 6.44. The molecule has 7 heteroatoms. The third-order valence-corrected chi connectivity index (χ3v) is 3.23. The van der Waals surface area contributed by atoms with Crippen molar-refractivity contribution >= 4 is 28.4 Å². The van der Waals surface area contributed by atoms with Gasteiger partial charge in [-0.15, -0.1) is 11.3 Å². The van der Waals surface area contributed by atoms with Gasteiger partial charge < -0.3 is 15.5 Å². The Bertz CT molecular complexity index is 459. The minimum atomic E-state index is -0.230. The number of hydrogen-bond donors (Lipinski definition) is 2. The van der Waals surface area contributed by atoms with Crippen molar-refractivity contribution in [2.75, 3.05) is 25.0 Å². The Labute approximate surface area is 123 Å². The van der Waals surface area contributed by atoms with Crippen LogP contribution in [-0.2, 0) is 4.79 Å². The van der Waals surface area contributed by atoms with E-state index in [2.05, 4.69) is 15.6 Å². The van der Waals surface area contributed by atoms with E-state index in [1.54, 1.807) is 6.20 Å². The average Bonchev–Trinajstić information content (AvgIpc) is 2.73. The summed E-state index contributed by atoms with van der Waals surface area (Å²) in [5, 5.41) is 5.99. The van der Waals surface area contributed by atoms with E-state index in [0.717, 1.165) is 4.88 Å². The van der Waals surface area contributed by atoms with E-state index in [-0.39, 0.29) is 18.5 Å². The molecule has 1 aromatic rings. The third kappa shape index (κ3) is 5.56. The molecule has 0 aromatic carbocycles. The van der Waals surface area contributed by atoms with Crippen LogP contribution in [0.4, 0.5) is 9.93 Å². The highest BCUT2D eigenvalue weighted by Crippen LogP contribution is 2.16. The van der Waals surface area contributed by atoms with Crippen molar-refractivity contribution in [3.63, 3.8) is 0 Å². The molecule has 0 saturated heterocycles. The second-order valence-corrected chi connectivity index (χ2v) is 6.17. The number of nitrogens with one attached hydrogen (secondary N) is 2. The molecular formula is C13H22N4O2S. The number of carbonyl (C=O) groups excluding carboxylic acids is 2. The van der Waals surface area contributed by atoms with Crippen molar-refractivity contribution in [3.05, 3.63) is 11.1 Å². The lowest BCUT2D eigenvalue weighted by Crippen LogP contribution is -2.45. The maximum absolute atomic E-state index is 12.0. The van der Waals surface area contributed by atoms with Crippen LogP contribution in [0.25, 0.3) is 0 Å². The highest BCUT2D eigenvalue weighted by molar-refractivity contribution is 7.15. The van der Waals surface area contributed by atoms with E-state index in [1.165, 1.54) is 16.2 Å². The molecule has 0 unspecified atom stereocenters. The number of rotatable bonds is 6. The van der Waals surface area contributed by atoms with Crippen molar-refractivity contribution in [1.82, 2.24) is 15.2 Å². The Morgan fingerprint density at radius 2 is 2.15 bits per heavy atom. The van der Waals surface area contributed by atoms with Crippen molar-refractivity contribution in [1.29, 1.82) is 0 Å². The van der Waals surface area contributed by atoms with E-state index in [1.807, 2.05) is 27.7 Å². The molecule has 0 saturated carbocycles. The molecule has 3 amide bonds. The zero-order valence-corrected chi connectivity index (χ0v) is 13.2. The monoisotopic (exact) mass is 298 g/mol. The number of nitrogens with zero attached hydrogens (tertiary/aromatic N) is 2. The van der Waals surface area contributed by atoms with E-state index in [9.17, 15) is 9.59 Å². The number of urea groups is 1. The maximum Gasteiger partial charge on any atom is 0.317 e. The summed E-state index contributed by atoms with van der Waals surface area (Å²) in [6.45, 7) is 8.90. The summed E-state index contributed by atoms with van der Waals surface area (Å²) in [4.78, 5) is 30.5. The second-order valence-electron chi connectivity index (χ2n) is 4.93. The van der Waals surface area contributed by atoms with Gasteiger partial charge in [0.2, 0.25) is 5.91 Å². The van der Waals surface area contributed by atoms with Crippen LogP contribution < -0.4 is 10.6 Å². The van der Waals surface area contributed by atoms with Crippen molar-refractivity contribution in [2.24, 2.45) is 5.92 Å². The topological polar surface area (TPSA) is 74.3 Å². The quantitative estimate of drug-likeness (QED) is 0.844. The van der Waals surface area contributed by atoms with Crippen molar-refractivity contribution in [3.8, 4) is 0 Å². The molecule has 6 nitrogen and oxygen atoms in total. The number of aromatic nitrogens is 1. The molecule has 2 N–H and O–H groups in total. The van der Waals surface area contributed by atoms with Crippen LogP contribution in [0.1, 0.15) is 25.6 Å². The fraction of sp³-hybridized carbons (Fsp3) is 0.615. The molecule has 0 aliphatic heterocycles. The summed E-state index contributed by atoms with van der Waals surface area (Å²) >= 11 is 1.41. The van der Waals surface area contributed by atoms with Gasteiger partial charge in [-0.05, 0) is 19.8 Å². The summed E-state index contributed by atoms with van der Waals surface area (Å²) in [6.07, 6.45) is 1.70. The van der Waals surface area contributed by atoms with Crippen LogP contribution >= 0.6 is 11.3 Å². The minimum Gasteiger partial charge on any atom is -0.338 e. The van der Waals surface area contributed by atoms with E-state index >= 15 is 0 Å². The van der Waals surface area contributed by atoms with Gasteiger partial charge in [0.25, 0.3) is 0 Å². The summed E-state index contributed by atoms with van der Waals surface area (Å²) in [5.74, 6) is 0.0683.